The minimum Gasteiger partial charge on any atom is -0.481 e. The van der Waals surface area contributed by atoms with Gasteiger partial charge in [0, 0.05) is 19.4 Å². The first-order valence-corrected chi connectivity index (χ1v) is 25.5. The van der Waals surface area contributed by atoms with E-state index in [2.05, 4.69) is 61.2 Å². The molecule has 0 saturated carbocycles. The molecule has 0 aliphatic rings. The predicted molar refractivity (Wildman–Crippen MR) is 261 cm³/mol. The molecule has 0 spiro atoms. The van der Waals surface area contributed by atoms with Crippen LogP contribution in [-0.4, -0.2) is 83.8 Å². The van der Waals surface area contributed by atoms with Crippen molar-refractivity contribution in [2.45, 2.75) is 29.1 Å². The topological polar surface area (TPSA) is 398 Å². The van der Waals surface area contributed by atoms with Crippen molar-refractivity contribution in [2.24, 2.45) is 40.9 Å². The first kappa shape index (κ1) is 56.0. The fourth-order valence-electron chi connectivity index (χ4n) is 5.79. The van der Waals surface area contributed by atoms with E-state index in [0.717, 1.165) is 17.2 Å². The average Bonchev–Trinajstić information content (AvgIpc) is 3.34. The van der Waals surface area contributed by atoms with Gasteiger partial charge < -0.3 is 10.4 Å². The second-order valence-electron chi connectivity index (χ2n) is 14.4. The zero-order chi connectivity index (χ0) is 53.7. The van der Waals surface area contributed by atoms with Crippen LogP contribution < -0.4 is 5.32 Å². The van der Waals surface area contributed by atoms with Crippen LogP contribution in [0, 0.1) is 0 Å². The largest absolute Gasteiger partial charge is 0.481 e. The zero-order valence-electron chi connectivity index (χ0n) is 37.6. The molecule has 0 aliphatic heterocycles. The summed E-state index contributed by atoms with van der Waals surface area (Å²) in [5.74, 6) is 0.0956. The SMILES string of the molecule is O=C(O)CCNc1nc(Cc2ccc(N=Nc3ccc(N=Nc4ccc(S(=O)(=O)O)cc4)cc3)cc2)nc(Cc2ccc(N=Nc3ccc(N=Nc4ccccc4)cc3S(=O)(=O)O)cc2)n1.O=S(=O)=O.O=S(=O)=O. The molecule has 0 bridgehead atoms. The highest BCUT2D eigenvalue weighted by molar-refractivity contribution is 7.86. The normalized spacial score (nSPS) is 11.5. The summed E-state index contributed by atoms with van der Waals surface area (Å²) in [6, 6.07) is 39.2. The number of hydrogen-bond donors (Lipinski definition) is 4. The van der Waals surface area contributed by atoms with Gasteiger partial charge in [-0.15, -0.1) is 30.4 Å². The Balaban J connectivity index is 0.00000118. The first-order valence-electron chi connectivity index (χ1n) is 20.6. The van der Waals surface area contributed by atoms with Crippen molar-refractivity contribution in [3.8, 4) is 0 Å². The number of hydrogen-bond acceptors (Lipinski definition) is 23. The first-order chi connectivity index (χ1) is 35.2. The number of azo groups is 4. The van der Waals surface area contributed by atoms with E-state index in [4.69, 9.17) is 34.9 Å². The van der Waals surface area contributed by atoms with Crippen molar-refractivity contribution in [1.29, 1.82) is 0 Å². The van der Waals surface area contributed by atoms with E-state index in [1.807, 2.05) is 18.2 Å². The Hall–Kier alpha value is -8.94. The minimum absolute atomic E-state index is 0.0979. The van der Waals surface area contributed by atoms with Crippen molar-refractivity contribution < 1.29 is 61.1 Å². The number of aromatic nitrogens is 3. The Morgan fingerprint density at radius 2 is 0.838 bits per heavy atom. The second kappa shape index (κ2) is 27.0. The maximum absolute atomic E-state index is 12.2. The minimum atomic E-state index is -4.68. The van der Waals surface area contributed by atoms with E-state index in [1.54, 1.807) is 84.9 Å². The van der Waals surface area contributed by atoms with Crippen LogP contribution in [0.25, 0.3) is 0 Å². The molecular formula is C44H36N12O14S4. The lowest BCUT2D eigenvalue weighted by Crippen LogP contribution is -2.13. The molecule has 7 rings (SSSR count). The lowest BCUT2D eigenvalue weighted by molar-refractivity contribution is -0.136. The van der Waals surface area contributed by atoms with Crippen molar-refractivity contribution in [1.82, 2.24) is 15.0 Å². The summed E-state index contributed by atoms with van der Waals surface area (Å²) in [5.41, 5.74) is 4.79. The van der Waals surface area contributed by atoms with Gasteiger partial charge in [0.1, 0.15) is 22.2 Å². The molecule has 74 heavy (non-hydrogen) atoms. The molecule has 0 aliphatic carbocycles. The number of carboxylic acids is 1. The summed E-state index contributed by atoms with van der Waals surface area (Å²) >= 11 is 0. The number of nitrogens with zero attached hydrogens (tertiary/aromatic N) is 11. The van der Waals surface area contributed by atoms with E-state index in [1.165, 1.54) is 36.4 Å². The maximum atomic E-state index is 12.2. The fraction of sp³-hybridized carbons (Fsp3) is 0.0909. The van der Waals surface area contributed by atoms with Gasteiger partial charge in [-0.25, -0.2) is 4.98 Å². The molecular weight excluding hydrogens is 1050 g/mol. The number of aliphatic carboxylic acids is 1. The molecule has 6 aromatic carbocycles. The van der Waals surface area contributed by atoms with Crippen LogP contribution in [0.4, 0.5) is 51.4 Å². The molecule has 0 amide bonds. The van der Waals surface area contributed by atoms with Crippen LogP contribution in [0.3, 0.4) is 0 Å². The van der Waals surface area contributed by atoms with Crippen LogP contribution >= 0.6 is 0 Å². The van der Waals surface area contributed by atoms with Gasteiger partial charge in [0.25, 0.3) is 20.2 Å². The molecule has 0 radical (unpaired) electrons. The summed E-state index contributed by atoms with van der Waals surface area (Å²) in [5, 5.41) is 45.3. The van der Waals surface area contributed by atoms with Crippen molar-refractivity contribution in [3.63, 3.8) is 0 Å². The lowest BCUT2D eigenvalue weighted by atomic mass is 10.1. The summed E-state index contributed by atoms with van der Waals surface area (Å²) in [4.78, 5) is 24.2. The molecule has 7 aromatic rings. The summed E-state index contributed by atoms with van der Waals surface area (Å²) in [6.45, 7) is 0.0979. The van der Waals surface area contributed by atoms with E-state index in [-0.39, 0.29) is 41.6 Å². The Labute approximate surface area is 423 Å². The number of nitrogens with one attached hydrogen (secondary N) is 1. The van der Waals surface area contributed by atoms with E-state index >= 15 is 0 Å². The smallest absolute Gasteiger partial charge is 0.425 e. The van der Waals surface area contributed by atoms with Crippen LogP contribution in [0.1, 0.15) is 29.2 Å². The number of benzene rings is 6. The quantitative estimate of drug-likeness (QED) is 0.0459. The molecule has 1 aromatic heterocycles. The van der Waals surface area contributed by atoms with Gasteiger partial charge in [0.2, 0.25) is 5.95 Å². The Bertz CT molecular complexity index is 3630. The second-order valence-corrected chi connectivity index (χ2v) is 18.0. The zero-order valence-corrected chi connectivity index (χ0v) is 40.8. The van der Waals surface area contributed by atoms with Crippen molar-refractivity contribution in [3.05, 3.63) is 168 Å². The van der Waals surface area contributed by atoms with Gasteiger partial charge in [-0.2, -0.15) is 62.6 Å². The average molecular weight is 1090 g/mol. The van der Waals surface area contributed by atoms with Gasteiger partial charge in [0.15, 0.2) is 0 Å². The molecule has 380 valence electrons. The van der Waals surface area contributed by atoms with Crippen molar-refractivity contribution in [2.75, 3.05) is 11.9 Å². The van der Waals surface area contributed by atoms with Crippen molar-refractivity contribution >= 4 is 98.9 Å². The van der Waals surface area contributed by atoms with Crippen LogP contribution in [0.15, 0.2) is 196 Å². The van der Waals surface area contributed by atoms with Crippen LogP contribution in [0.5, 0.6) is 0 Å². The van der Waals surface area contributed by atoms with Gasteiger partial charge in [-0.1, -0.05) is 42.5 Å². The van der Waals surface area contributed by atoms with Gasteiger partial charge in [-0.05, 0) is 114 Å². The number of carbonyl (C=O) groups is 1. The summed E-state index contributed by atoms with van der Waals surface area (Å²) in [6.07, 6.45) is 0.456. The standard InChI is InChI=1S/C44H36N12O8S2.2O3S/c57-43(58)24-25-45-44-47-41(26-29-6-10-32(11-7-29)50-51-34-14-16-35(17-15-34)52-53-36-18-21-38(22-19-36)65(59,60)61)46-42(48-44)27-30-8-12-33(13-9-30)54-56-39-23-20-37(28-40(39)66(62,63)64)55-49-31-4-2-1-3-5-31;2*1-4(2)3/h1-23,28H,24-27H2,(H,57,58)(H,59,60,61)(H,62,63,64)(H,45,46,47,48);;. The van der Waals surface area contributed by atoms with E-state index in [0.29, 0.717) is 52.2 Å². The van der Waals surface area contributed by atoms with E-state index in [9.17, 15) is 26.2 Å². The Morgan fingerprint density at radius 3 is 1.24 bits per heavy atom. The molecule has 0 saturated heterocycles. The summed E-state index contributed by atoms with van der Waals surface area (Å²) < 4.78 is 117. The molecule has 4 N–H and O–H groups in total. The van der Waals surface area contributed by atoms with E-state index < -0.39 is 52.3 Å². The molecule has 30 heteroatoms. The number of anilines is 1. The monoisotopic (exact) mass is 1080 g/mol. The van der Waals surface area contributed by atoms with Crippen LogP contribution in [0.2, 0.25) is 0 Å². The number of carboxylic acid groups (broad SMARTS) is 1. The third kappa shape index (κ3) is 20.1. The Morgan fingerprint density at radius 1 is 0.473 bits per heavy atom. The van der Waals surface area contributed by atoms with Crippen LogP contribution in [-0.2, 0) is 59.1 Å². The molecule has 0 unspecified atom stereocenters. The maximum Gasteiger partial charge on any atom is 0.425 e. The van der Waals surface area contributed by atoms with Gasteiger partial charge >= 0.3 is 27.2 Å². The lowest BCUT2D eigenvalue weighted by Gasteiger charge is -2.09. The highest BCUT2D eigenvalue weighted by Gasteiger charge is 2.17. The fourth-order valence-corrected chi connectivity index (χ4v) is 6.91. The third-order valence-corrected chi connectivity index (χ3v) is 10.8. The molecule has 0 fully saturated rings. The summed E-state index contributed by atoms with van der Waals surface area (Å²) in [7, 11) is -15.2. The number of rotatable bonds is 18. The molecule has 1 heterocycles. The molecule has 26 nitrogen and oxygen atoms in total. The highest BCUT2D eigenvalue weighted by atomic mass is 32.2. The predicted octanol–water partition coefficient (Wildman–Crippen LogP) is 9.09. The van der Waals surface area contributed by atoms with Gasteiger partial charge in [-0.3, -0.25) is 13.9 Å². The third-order valence-electron chi connectivity index (χ3n) is 9.02. The Kier molecular flexibility index (Phi) is 20.5. The highest BCUT2D eigenvalue weighted by Crippen LogP contribution is 2.32. The van der Waals surface area contributed by atoms with Gasteiger partial charge in [0.05, 0.1) is 51.1 Å². The molecule has 0 atom stereocenters.